The molecule has 1 aliphatic carbocycles. The fourth-order valence-corrected chi connectivity index (χ4v) is 2.13. The minimum absolute atomic E-state index is 0.703. The predicted molar refractivity (Wildman–Crippen MR) is 70.4 cm³/mol. The molecule has 0 radical (unpaired) electrons. The average Bonchev–Trinajstić information content (AvgIpc) is 3.16. The van der Waals surface area contributed by atoms with Crippen LogP contribution < -0.4 is 5.32 Å². The van der Waals surface area contributed by atoms with Crippen LogP contribution in [0.1, 0.15) is 19.8 Å². The van der Waals surface area contributed by atoms with E-state index in [0.29, 0.717) is 6.04 Å². The maximum Gasteiger partial charge on any atom is 0.0589 e. The largest absolute Gasteiger partial charge is 0.383 e. The first-order valence-electron chi connectivity index (χ1n) is 6.72. The summed E-state index contributed by atoms with van der Waals surface area (Å²) in [5.74, 6) is 0.922. The van der Waals surface area contributed by atoms with Gasteiger partial charge in [-0.15, -0.1) is 0 Å². The van der Waals surface area contributed by atoms with Crippen molar-refractivity contribution in [3.8, 4) is 0 Å². The van der Waals surface area contributed by atoms with Gasteiger partial charge in [-0.1, -0.05) is 0 Å². The number of methoxy groups -OCH3 is 2. The van der Waals surface area contributed by atoms with Crippen LogP contribution in [0.5, 0.6) is 0 Å². The number of nitrogens with one attached hydrogen (secondary N) is 1. The molecule has 0 aliphatic heterocycles. The molecule has 0 saturated heterocycles. The summed E-state index contributed by atoms with van der Waals surface area (Å²) in [6.45, 7) is 8.08. The lowest BCUT2D eigenvalue weighted by Crippen LogP contribution is -2.41. The molecule has 17 heavy (non-hydrogen) atoms. The SMILES string of the molecule is COCCNCCN(CCOC)C(C)C1CC1. The van der Waals surface area contributed by atoms with Crippen LogP contribution in [-0.2, 0) is 9.47 Å². The topological polar surface area (TPSA) is 33.7 Å². The van der Waals surface area contributed by atoms with Gasteiger partial charge < -0.3 is 14.8 Å². The predicted octanol–water partition coefficient (Wildman–Crippen LogP) is 0.969. The van der Waals surface area contributed by atoms with E-state index in [1.807, 2.05) is 0 Å². The van der Waals surface area contributed by atoms with E-state index in [9.17, 15) is 0 Å². The van der Waals surface area contributed by atoms with Crippen molar-refractivity contribution in [3.05, 3.63) is 0 Å². The van der Waals surface area contributed by atoms with Gasteiger partial charge in [-0.2, -0.15) is 0 Å². The van der Waals surface area contributed by atoms with Gasteiger partial charge in [0.2, 0.25) is 0 Å². The highest BCUT2D eigenvalue weighted by Gasteiger charge is 2.31. The molecular formula is C13H28N2O2. The Morgan fingerprint density at radius 2 is 1.82 bits per heavy atom. The third-order valence-corrected chi connectivity index (χ3v) is 3.52. The molecule has 0 spiro atoms. The lowest BCUT2D eigenvalue weighted by Gasteiger charge is -2.29. The highest BCUT2D eigenvalue weighted by atomic mass is 16.5. The van der Waals surface area contributed by atoms with Crippen molar-refractivity contribution >= 4 is 0 Å². The molecule has 0 bridgehead atoms. The molecule has 0 aromatic carbocycles. The van der Waals surface area contributed by atoms with Gasteiger partial charge in [0.25, 0.3) is 0 Å². The van der Waals surface area contributed by atoms with Crippen molar-refractivity contribution in [2.75, 3.05) is 53.6 Å². The number of hydrogen-bond donors (Lipinski definition) is 1. The zero-order valence-electron chi connectivity index (χ0n) is 11.6. The molecule has 0 heterocycles. The van der Waals surface area contributed by atoms with Gasteiger partial charge >= 0.3 is 0 Å². The van der Waals surface area contributed by atoms with E-state index in [2.05, 4.69) is 17.1 Å². The van der Waals surface area contributed by atoms with Crippen molar-refractivity contribution in [3.63, 3.8) is 0 Å². The highest BCUT2D eigenvalue weighted by Crippen LogP contribution is 2.34. The first-order chi connectivity index (χ1) is 8.29. The number of ether oxygens (including phenoxy) is 2. The van der Waals surface area contributed by atoms with E-state index < -0.39 is 0 Å². The van der Waals surface area contributed by atoms with Crippen LogP contribution in [0.2, 0.25) is 0 Å². The second-order valence-electron chi connectivity index (χ2n) is 4.85. The van der Waals surface area contributed by atoms with Gasteiger partial charge in [0.1, 0.15) is 0 Å². The molecule has 0 aromatic heterocycles. The van der Waals surface area contributed by atoms with Crippen molar-refractivity contribution in [2.24, 2.45) is 5.92 Å². The van der Waals surface area contributed by atoms with Crippen LogP contribution in [0.15, 0.2) is 0 Å². The number of hydrogen-bond acceptors (Lipinski definition) is 4. The van der Waals surface area contributed by atoms with Gasteiger partial charge in [-0.25, -0.2) is 0 Å². The van der Waals surface area contributed by atoms with E-state index in [1.165, 1.54) is 12.8 Å². The monoisotopic (exact) mass is 244 g/mol. The minimum atomic E-state index is 0.703. The molecule has 4 heteroatoms. The maximum atomic E-state index is 5.19. The lowest BCUT2D eigenvalue weighted by molar-refractivity contribution is 0.116. The fraction of sp³-hybridized carbons (Fsp3) is 1.00. The summed E-state index contributed by atoms with van der Waals surface area (Å²) in [6.07, 6.45) is 2.81. The summed E-state index contributed by atoms with van der Waals surface area (Å²) in [5, 5.41) is 3.40. The first kappa shape index (κ1) is 14.9. The Morgan fingerprint density at radius 1 is 1.12 bits per heavy atom. The van der Waals surface area contributed by atoms with Gasteiger partial charge in [-0.05, 0) is 25.7 Å². The zero-order chi connectivity index (χ0) is 12.5. The second-order valence-corrected chi connectivity index (χ2v) is 4.85. The summed E-state index contributed by atoms with van der Waals surface area (Å²) in [5.41, 5.74) is 0. The first-order valence-corrected chi connectivity index (χ1v) is 6.72. The Morgan fingerprint density at radius 3 is 2.41 bits per heavy atom. The normalized spacial score (nSPS) is 17.6. The third-order valence-electron chi connectivity index (χ3n) is 3.52. The molecule has 0 aromatic rings. The van der Waals surface area contributed by atoms with Crippen LogP contribution >= 0.6 is 0 Å². The molecule has 1 unspecified atom stereocenters. The molecule has 1 N–H and O–H groups in total. The van der Waals surface area contributed by atoms with E-state index in [4.69, 9.17) is 9.47 Å². The Kier molecular flexibility index (Phi) is 7.77. The van der Waals surface area contributed by atoms with Crippen LogP contribution in [0.4, 0.5) is 0 Å². The summed E-state index contributed by atoms with van der Waals surface area (Å²) < 4.78 is 10.2. The molecular weight excluding hydrogens is 216 g/mol. The second kappa shape index (κ2) is 8.86. The Hall–Kier alpha value is -0.160. The number of rotatable bonds is 11. The zero-order valence-corrected chi connectivity index (χ0v) is 11.6. The van der Waals surface area contributed by atoms with Gasteiger partial charge in [0.05, 0.1) is 13.2 Å². The van der Waals surface area contributed by atoms with Crippen molar-refractivity contribution in [1.29, 1.82) is 0 Å². The standard InChI is InChI=1S/C13H28N2O2/c1-12(13-4-5-13)15(9-11-17-3)8-6-14-7-10-16-2/h12-14H,4-11H2,1-3H3. The summed E-state index contributed by atoms with van der Waals surface area (Å²) >= 11 is 0. The maximum absolute atomic E-state index is 5.19. The number of nitrogens with zero attached hydrogens (tertiary/aromatic N) is 1. The molecule has 1 fully saturated rings. The van der Waals surface area contributed by atoms with Crippen molar-refractivity contribution < 1.29 is 9.47 Å². The van der Waals surface area contributed by atoms with Gasteiger partial charge in [-0.3, -0.25) is 4.90 Å². The molecule has 1 saturated carbocycles. The fourth-order valence-electron chi connectivity index (χ4n) is 2.13. The average molecular weight is 244 g/mol. The highest BCUT2D eigenvalue weighted by molar-refractivity contribution is 4.85. The Labute approximate surface area is 106 Å². The summed E-state index contributed by atoms with van der Waals surface area (Å²) in [6, 6.07) is 0.703. The van der Waals surface area contributed by atoms with Crippen LogP contribution in [-0.4, -0.2) is 64.6 Å². The Bertz CT molecular complexity index is 186. The van der Waals surface area contributed by atoms with Crippen LogP contribution in [0, 0.1) is 5.92 Å². The van der Waals surface area contributed by atoms with E-state index in [1.54, 1.807) is 14.2 Å². The van der Waals surface area contributed by atoms with E-state index >= 15 is 0 Å². The smallest absolute Gasteiger partial charge is 0.0589 e. The molecule has 102 valence electrons. The Balaban J connectivity index is 2.15. The lowest BCUT2D eigenvalue weighted by atomic mass is 10.2. The van der Waals surface area contributed by atoms with Crippen LogP contribution in [0.25, 0.3) is 0 Å². The van der Waals surface area contributed by atoms with Crippen molar-refractivity contribution in [2.45, 2.75) is 25.8 Å². The molecule has 1 rings (SSSR count). The molecule has 1 atom stereocenters. The molecule has 0 amide bonds. The third kappa shape index (κ3) is 6.36. The quantitative estimate of drug-likeness (QED) is 0.549. The van der Waals surface area contributed by atoms with Crippen molar-refractivity contribution in [1.82, 2.24) is 10.2 Å². The molecule has 1 aliphatic rings. The van der Waals surface area contributed by atoms with E-state index in [0.717, 1.165) is 45.3 Å². The van der Waals surface area contributed by atoms with Crippen LogP contribution in [0.3, 0.4) is 0 Å². The summed E-state index contributed by atoms with van der Waals surface area (Å²) in [4.78, 5) is 2.54. The van der Waals surface area contributed by atoms with Gasteiger partial charge in [0, 0.05) is 46.4 Å². The van der Waals surface area contributed by atoms with E-state index in [-0.39, 0.29) is 0 Å². The molecule has 4 nitrogen and oxygen atoms in total. The minimum Gasteiger partial charge on any atom is -0.383 e. The summed E-state index contributed by atoms with van der Waals surface area (Å²) in [7, 11) is 3.51. The van der Waals surface area contributed by atoms with Gasteiger partial charge in [0.15, 0.2) is 0 Å².